The lowest BCUT2D eigenvalue weighted by Crippen LogP contribution is -2.52. The molecule has 1 saturated carbocycles. The summed E-state index contributed by atoms with van der Waals surface area (Å²) in [5.41, 5.74) is 0.0355. The normalized spacial score (nSPS) is 28.0. The van der Waals surface area contributed by atoms with Crippen LogP contribution in [0.4, 0.5) is 18.0 Å². The molecule has 2 amide bonds. The standard InChI is InChI=1S/C32H39F3N4O6/c1-42-25-5-3-4-20(10-25)17-45-30(41)39-16-23-12-24(37-27-7-9-44-18-28(27)43-2)13-31(23,19-39)29(40)38-8-6-26-21(15-38)11-22(14-36-26)32(33,34)35/h3-5,10-11,14,23-24,27-28,37H,6-9,12-13,15-19H2,1-2H3/t23-,24+,27-,28+,31-/m0/s1. The number of halogens is 3. The third kappa shape index (κ3) is 6.48. The minimum Gasteiger partial charge on any atom is -0.497 e. The van der Waals surface area contributed by atoms with Gasteiger partial charge in [0.2, 0.25) is 5.91 Å². The molecule has 13 heteroatoms. The number of alkyl halides is 3. The second-order valence-corrected chi connectivity index (χ2v) is 12.5. The lowest BCUT2D eigenvalue weighted by molar-refractivity contribution is -0.143. The highest BCUT2D eigenvalue weighted by molar-refractivity contribution is 5.86. The molecule has 1 N–H and O–H groups in total. The fraction of sp³-hybridized carbons (Fsp3) is 0.594. The minimum atomic E-state index is -4.52. The largest absolute Gasteiger partial charge is 0.497 e. The molecule has 3 fully saturated rings. The first-order chi connectivity index (χ1) is 21.6. The second-order valence-electron chi connectivity index (χ2n) is 12.5. The van der Waals surface area contributed by atoms with E-state index in [9.17, 15) is 22.8 Å². The Kier molecular flexibility index (Phi) is 8.95. The highest BCUT2D eigenvalue weighted by atomic mass is 19.4. The smallest absolute Gasteiger partial charge is 0.417 e. The molecule has 10 nitrogen and oxygen atoms in total. The van der Waals surface area contributed by atoms with E-state index in [1.165, 1.54) is 0 Å². The molecule has 2 saturated heterocycles. The van der Waals surface area contributed by atoms with Crippen LogP contribution >= 0.6 is 0 Å². The van der Waals surface area contributed by atoms with Gasteiger partial charge in [-0.1, -0.05) is 12.1 Å². The van der Waals surface area contributed by atoms with Crippen LogP contribution < -0.4 is 10.1 Å². The second kappa shape index (κ2) is 12.8. The van der Waals surface area contributed by atoms with Crippen molar-refractivity contribution in [1.82, 2.24) is 20.1 Å². The van der Waals surface area contributed by atoms with E-state index >= 15 is 0 Å². The molecule has 3 aliphatic heterocycles. The van der Waals surface area contributed by atoms with Crippen molar-refractivity contribution in [2.45, 2.75) is 63.2 Å². The van der Waals surface area contributed by atoms with Gasteiger partial charge in [0.1, 0.15) is 12.4 Å². The van der Waals surface area contributed by atoms with Crippen LogP contribution in [0, 0.1) is 11.3 Å². The van der Waals surface area contributed by atoms with Gasteiger partial charge in [-0.2, -0.15) is 13.2 Å². The Morgan fingerprint density at radius 3 is 2.82 bits per heavy atom. The average Bonchev–Trinajstić information content (AvgIpc) is 3.57. The number of nitrogens with zero attached hydrogens (tertiary/aromatic N) is 3. The van der Waals surface area contributed by atoms with Gasteiger partial charge < -0.3 is 34.1 Å². The Bertz CT molecular complexity index is 1410. The summed E-state index contributed by atoms with van der Waals surface area (Å²) < 4.78 is 62.5. The quantitative estimate of drug-likeness (QED) is 0.492. The highest BCUT2D eigenvalue weighted by Gasteiger charge is 2.60. The van der Waals surface area contributed by atoms with Gasteiger partial charge >= 0.3 is 12.3 Å². The molecule has 1 aliphatic carbocycles. The number of methoxy groups -OCH3 is 2. The van der Waals surface area contributed by atoms with Crippen LogP contribution in [0.5, 0.6) is 5.75 Å². The molecule has 45 heavy (non-hydrogen) atoms. The topological polar surface area (TPSA) is 102 Å². The van der Waals surface area contributed by atoms with E-state index in [-0.39, 0.29) is 49.7 Å². The molecule has 0 spiro atoms. The Morgan fingerprint density at radius 2 is 2.04 bits per heavy atom. The number of hydrogen-bond acceptors (Lipinski definition) is 8. The number of pyridine rings is 1. The van der Waals surface area contributed by atoms with E-state index in [2.05, 4.69) is 10.3 Å². The monoisotopic (exact) mass is 632 g/mol. The van der Waals surface area contributed by atoms with Crippen LogP contribution in [0.15, 0.2) is 36.5 Å². The van der Waals surface area contributed by atoms with Crippen LogP contribution in [0.3, 0.4) is 0 Å². The molecule has 2 aromatic rings. The summed E-state index contributed by atoms with van der Waals surface area (Å²) in [6.45, 7) is 2.09. The first-order valence-electron chi connectivity index (χ1n) is 15.3. The number of amides is 2. The SMILES string of the molecule is COc1cccc(COC(=O)N2C[C@@H]3C[C@@H](N[C@H]4CCOC[C@H]4OC)C[C@]3(C(=O)N3CCc4ncc(C(F)(F)F)cc4C3)C2)c1. The summed E-state index contributed by atoms with van der Waals surface area (Å²) in [6.07, 6.45) is -1.97. The predicted octanol–water partition coefficient (Wildman–Crippen LogP) is 3.80. The molecule has 0 unspecified atom stereocenters. The maximum atomic E-state index is 14.5. The molecular weight excluding hydrogens is 593 g/mol. The van der Waals surface area contributed by atoms with Crippen molar-refractivity contribution in [2.75, 3.05) is 47.1 Å². The van der Waals surface area contributed by atoms with E-state index in [4.69, 9.17) is 18.9 Å². The minimum absolute atomic E-state index is 0.00484. The number of aromatic nitrogens is 1. The lowest BCUT2D eigenvalue weighted by atomic mass is 9.78. The first-order valence-corrected chi connectivity index (χ1v) is 15.3. The van der Waals surface area contributed by atoms with Crippen molar-refractivity contribution in [3.63, 3.8) is 0 Å². The first kappa shape index (κ1) is 31.6. The number of carbonyl (C=O) groups excluding carboxylic acids is 2. The van der Waals surface area contributed by atoms with E-state index in [0.717, 1.165) is 24.2 Å². The van der Waals surface area contributed by atoms with E-state index in [1.807, 2.05) is 12.1 Å². The Morgan fingerprint density at radius 1 is 1.20 bits per heavy atom. The number of nitrogens with one attached hydrogen (secondary N) is 1. The number of hydrogen-bond donors (Lipinski definition) is 1. The van der Waals surface area contributed by atoms with Crippen molar-refractivity contribution < 1.29 is 41.7 Å². The van der Waals surface area contributed by atoms with Crippen LogP contribution in [0.2, 0.25) is 0 Å². The molecule has 0 radical (unpaired) electrons. The summed E-state index contributed by atoms with van der Waals surface area (Å²) in [7, 11) is 3.22. The molecule has 0 bridgehead atoms. The van der Waals surface area contributed by atoms with Gasteiger partial charge in [0, 0.05) is 70.3 Å². The van der Waals surface area contributed by atoms with E-state index < -0.39 is 23.2 Å². The summed E-state index contributed by atoms with van der Waals surface area (Å²) in [5.74, 6) is 0.371. The van der Waals surface area contributed by atoms with Gasteiger partial charge in [0.25, 0.3) is 0 Å². The van der Waals surface area contributed by atoms with E-state index in [0.29, 0.717) is 62.6 Å². The highest BCUT2D eigenvalue weighted by Crippen LogP contribution is 2.51. The lowest BCUT2D eigenvalue weighted by Gasteiger charge is -2.37. The molecular formula is C32H39F3N4O6. The molecule has 5 atom stereocenters. The fourth-order valence-electron chi connectivity index (χ4n) is 7.47. The van der Waals surface area contributed by atoms with E-state index in [1.54, 1.807) is 36.2 Å². The average molecular weight is 633 g/mol. The zero-order valence-corrected chi connectivity index (χ0v) is 25.5. The van der Waals surface area contributed by atoms with Crippen molar-refractivity contribution in [2.24, 2.45) is 11.3 Å². The van der Waals surface area contributed by atoms with Gasteiger partial charge in [-0.05, 0) is 54.5 Å². The third-order valence-electron chi connectivity index (χ3n) is 9.77. The number of ether oxygens (including phenoxy) is 4. The van der Waals surface area contributed by atoms with Gasteiger partial charge in [0.05, 0.1) is 30.8 Å². The molecule has 4 heterocycles. The molecule has 4 aliphatic rings. The molecule has 1 aromatic heterocycles. The zero-order valence-electron chi connectivity index (χ0n) is 25.5. The third-order valence-corrected chi connectivity index (χ3v) is 9.77. The number of rotatable bonds is 7. The summed E-state index contributed by atoms with van der Waals surface area (Å²) in [6, 6.07) is 8.43. The van der Waals surface area contributed by atoms with Crippen LogP contribution in [0.1, 0.15) is 41.6 Å². The van der Waals surface area contributed by atoms with Crippen molar-refractivity contribution in [3.05, 3.63) is 58.9 Å². The maximum Gasteiger partial charge on any atom is 0.417 e. The van der Waals surface area contributed by atoms with Crippen molar-refractivity contribution in [3.8, 4) is 5.75 Å². The van der Waals surface area contributed by atoms with Crippen LogP contribution in [0.25, 0.3) is 0 Å². The Balaban J connectivity index is 1.20. The summed E-state index contributed by atoms with van der Waals surface area (Å²) in [5, 5.41) is 3.71. The summed E-state index contributed by atoms with van der Waals surface area (Å²) in [4.78, 5) is 35.1. The van der Waals surface area contributed by atoms with Gasteiger partial charge in [-0.3, -0.25) is 9.78 Å². The molecule has 1 aromatic carbocycles. The number of likely N-dealkylation sites (tertiary alicyclic amines) is 1. The number of fused-ring (bicyclic) bond motifs is 2. The van der Waals surface area contributed by atoms with Gasteiger partial charge in [0.15, 0.2) is 0 Å². The van der Waals surface area contributed by atoms with Gasteiger partial charge in [-0.25, -0.2) is 4.79 Å². The molecule has 244 valence electrons. The van der Waals surface area contributed by atoms with Crippen molar-refractivity contribution >= 4 is 12.0 Å². The number of carbonyl (C=O) groups is 2. The van der Waals surface area contributed by atoms with Gasteiger partial charge in [-0.15, -0.1) is 0 Å². The Labute approximate surface area is 260 Å². The van der Waals surface area contributed by atoms with Crippen LogP contribution in [-0.4, -0.2) is 92.0 Å². The fourth-order valence-corrected chi connectivity index (χ4v) is 7.47. The molecule has 6 rings (SSSR count). The zero-order chi connectivity index (χ0) is 31.8. The maximum absolute atomic E-state index is 14.5. The predicted molar refractivity (Wildman–Crippen MR) is 155 cm³/mol. The van der Waals surface area contributed by atoms with Crippen molar-refractivity contribution in [1.29, 1.82) is 0 Å². The summed E-state index contributed by atoms with van der Waals surface area (Å²) >= 11 is 0. The Hall–Kier alpha value is -3.42. The van der Waals surface area contributed by atoms with Crippen LogP contribution in [-0.2, 0) is 44.8 Å². The number of benzene rings is 1.